The van der Waals surface area contributed by atoms with Crippen LogP contribution in [0.1, 0.15) is 33.6 Å². The molecular weight excluding hydrogens is 132 g/mol. The van der Waals surface area contributed by atoms with E-state index in [4.69, 9.17) is 0 Å². The van der Waals surface area contributed by atoms with Crippen LogP contribution in [0.3, 0.4) is 0 Å². The van der Waals surface area contributed by atoms with E-state index >= 15 is 0 Å². The smallest absolute Gasteiger partial charge is 0.00991 e. The highest BCUT2D eigenvalue weighted by Crippen LogP contribution is 2.28. The minimum atomic E-state index is 1.08. The molecule has 0 atom stereocenters. The van der Waals surface area contributed by atoms with Gasteiger partial charge < -0.3 is 0 Å². The van der Waals surface area contributed by atoms with Gasteiger partial charge in [0.25, 0.3) is 0 Å². The Labute approximate surface area is 69.3 Å². The van der Waals surface area contributed by atoms with E-state index in [0.717, 1.165) is 6.42 Å². The van der Waals surface area contributed by atoms with Gasteiger partial charge in [-0.05, 0) is 33.6 Å². The van der Waals surface area contributed by atoms with Gasteiger partial charge in [0.05, 0.1) is 0 Å². The molecule has 0 aromatic carbocycles. The third kappa shape index (κ3) is 2.07. The summed E-state index contributed by atoms with van der Waals surface area (Å²) < 4.78 is 0. The Kier molecular flexibility index (Phi) is 2.33. The molecule has 0 heterocycles. The van der Waals surface area contributed by atoms with E-state index in [1.165, 1.54) is 28.7 Å². The first-order chi connectivity index (χ1) is 5.09. The molecular formula is C11H16. The second kappa shape index (κ2) is 3.08. The second-order valence-corrected chi connectivity index (χ2v) is 3.58. The third-order valence-electron chi connectivity index (χ3n) is 2.11. The molecule has 0 amide bonds. The summed E-state index contributed by atoms with van der Waals surface area (Å²) in [6, 6.07) is 0. The molecule has 1 aliphatic carbocycles. The van der Waals surface area contributed by atoms with Gasteiger partial charge in [0.1, 0.15) is 0 Å². The SMILES string of the molecule is C=C(C)CC1=CC(C)=C(C)C1. The van der Waals surface area contributed by atoms with E-state index in [9.17, 15) is 0 Å². The summed E-state index contributed by atoms with van der Waals surface area (Å²) >= 11 is 0. The van der Waals surface area contributed by atoms with Crippen molar-refractivity contribution in [1.82, 2.24) is 0 Å². The molecule has 0 heteroatoms. The third-order valence-corrected chi connectivity index (χ3v) is 2.11. The van der Waals surface area contributed by atoms with E-state index in [0.29, 0.717) is 0 Å². The Morgan fingerprint density at radius 3 is 2.55 bits per heavy atom. The Bertz CT molecular complexity index is 235. The van der Waals surface area contributed by atoms with Crippen LogP contribution in [0, 0.1) is 0 Å². The van der Waals surface area contributed by atoms with Crippen molar-refractivity contribution in [2.75, 3.05) is 0 Å². The summed E-state index contributed by atoms with van der Waals surface area (Å²) in [5.41, 5.74) is 5.74. The zero-order chi connectivity index (χ0) is 8.43. The molecule has 0 aliphatic heterocycles. The molecule has 1 aliphatic rings. The van der Waals surface area contributed by atoms with Gasteiger partial charge in [-0.1, -0.05) is 34.9 Å². The topological polar surface area (TPSA) is 0 Å². The average molecular weight is 148 g/mol. The largest absolute Gasteiger partial charge is 0.0998 e. The van der Waals surface area contributed by atoms with E-state index in [1.807, 2.05) is 0 Å². The Morgan fingerprint density at radius 2 is 2.18 bits per heavy atom. The normalized spacial score (nSPS) is 17.2. The average Bonchev–Trinajstić information content (AvgIpc) is 2.10. The molecule has 0 saturated heterocycles. The molecule has 0 spiro atoms. The van der Waals surface area contributed by atoms with Gasteiger partial charge in [-0.15, -0.1) is 0 Å². The van der Waals surface area contributed by atoms with Crippen LogP contribution >= 0.6 is 0 Å². The van der Waals surface area contributed by atoms with Gasteiger partial charge >= 0.3 is 0 Å². The van der Waals surface area contributed by atoms with Crippen molar-refractivity contribution in [1.29, 1.82) is 0 Å². The van der Waals surface area contributed by atoms with Crippen LogP contribution in [0.15, 0.2) is 34.9 Å². The van der Waals surface area contributed by atoms with Crippen LogP contribution in [0.25, 0.3) is 0 Å². The molecule has 0 aromatic rings. The molecule has 0 N–H and O–H groups in total. The molecule has 60 valence electrons. The van der Waals surface area contributed by atoms with Crippen LogP contribution in [0.2, 0.25) is 0 Å². The van der Waals surface area contributed by atoms with Crippen molar-refractivity contribution < 1.29 is 0 Å². The molecule has 0 fully saturated rings. The number of allylic oxidation sites excluding steroid dienone is 5. The molecule has 0 saturated carbocycles. The minimum absolute atomic E-state index is 1.08. The number of rotatable bonds is 2. The quantitative estimate of drug-likeness (QED) is 0.525. The summed E-state index contributed by atoms with van der Waals surface area (Å²) in [7, 11) is 0. The van der Waals surface area contributed by atoms with E-state index < -0.39 is 0 Å². The van der Waals surface area contributed by atoms with E-state index in [1.54, 1.807) is 0 Å². The zero-order valence-corrected chi connectivity index (χ0v) is 7.70. The standard InChI is InChI=1S/C11H16/c1-8(2)5-11-6-9(3)10(4)7-11/h6H,1,5,7H2,2-4H3. The van der Waals surface area contributed by atoms with Crippen LogP contribution in [-0.4, -0.2) is 0 Å². The highest BCUT2D eigenvalue weighted by molar-refractivity contribution is 5.38. The number of hydrogen-bond donors (Lipinski definition) is 0. The van der Waals surface area contributed by atoms with E-state index in [-0.39, 0.29) is 0 Å². The number of hydrogen-bond acceptors (Lipinski definition) is 0. The zero-order valence-electron chi connectivity index (χ0n) is 7.70. The maximum atomic E-state index is 3.91. The first-order valence-corrected chi connectivity index (χ1v) is 4.10. The lowest BCUT2D eigenvalue weighted by Gasteiger charge is -2.00. The lowest BCUT2D eigenvalue weighted by molar-refractivity contribution is 1.03. The van der Waals surface area contributed by atoms with Gasteiger partial charge in [-0.25, -0.2) is 0 Å². The van der Waals surface area contributed by atoms with Crippen molar-refractivity contribution in [3.8, 4) is 0 Å². The predicted molar refractivity (Wildman–Crippen MR) is 50.5 cm³/mol. The lowest BCUT2D eigenvalue weighted by atomic mass is 10.1. The second-order valence-electron chi connectivity index (χ2n) is 3.58. The Balaban J connectivity index is 2.57. The summed E-state index contributed by atoms with van der Waals surface area (Å²) in [6.45, 7) is 10.4. The fourth-order valence-corrected chi connectivity index (χ4v) is 1.46. The first kappa shape index (κ1) is 8.32. The fraction of sp³-hybridized carbons (Fsp3) is 0.455. The van der Waals surface area contributed by atoms with Crippen LogP contribution in [0.4, 0.5) is 0 Å². The van der Waals surface area contributed by atoms with Crippen molar-refractivity contribution in [2.24, 2.45) is 0 Å². The summed E-state index contributed by atoms with van der Waals surface area (Å²) in [6.07, 6.45) is 4.54. The monoisotopic (exact) mass is 148 g/mol. The molecule has 0 bridgehead atoms. The molecule has 0 nitrogen and oxygen atoms in total. The summed E-state index contributed by atoms with van der Waals surface area (Å²) in [5, 5.41) is 0. The molecule has 11 heavy (non-hydrogen) atoms. The highest BCUT2D eigenvalue weighted by Gasteiger charge is 2.08. The van der Waals surface area contributed by atoms with Crippen LogP contribution < -0.4 is 0 Å². The van der Waals surface area contributed by atoms with Crippen molar-refractivity contribution in [3.63, 3.8) is 0 Å². The maximum Gasteiger partial charge on any atom is -0.00991 e. The van der Waals surface area contributed by atoms with Crippen molar-refractivity contribution in [2.45, 2.75) is 33.6 Å². The minimum Gasteiger partial charge on any atom is -0.0998 e. The molecule has 1 rings (SSSR count). The van der Waals surface area contributed by atoms with Crippen LogP contribution in [-0.2, 0) is 0 Å². The fourth-order valence-electron chi connectivity index (χ4n) is 1.46. The van der Waals surface area contributed by atoms with Crippen LogP contribution in [0.5, 0.6) is 0 Å². The van der Waals surface area contributed by atoms with Gasteiger partial charge in [-0.2, -0.15) is 0 Å². The van der Waals surface area contributed by atoms with E-state index in [2.05, 4.69) is 33.4 Å². The lowest BCUT2D eigenvalue weighted by Crippen LogP contribution is -1.80. The summed E-state index contributed by atoms with van der Waals surface area (Å²) in [5.74, 6) is 0. The molecule has 0 unspecified atom stereocenters. The Hall–Kier alpha value is -0.780. The molecule has 0 radical (unpaired) electrons. The van der Waals surface area contributed by atoms with Crippen molar-refractivity contribution >= 4 is 0 Å². The van der Waals surface area contributed by atoms with Crippen molar-refractivity contribution in [3.05, 3.63) is 34.9 Å². The van der Waals surface area contributed by atoms with Gasteiger partial charge in [0.2, 0.25) is 0 Å². The molecule has 0 aromatic heterocycles. The highest BCUT2D eigenvalue weighted by atomic mass is 14.1. The van der Waals surface area contributed by atoms with Gasteiger partial charge in [0, 0.05) is 0 Å². The van der Waals surface area contributed by atoms with Gasteiger partial charge in [0.15, 0.2) is 0 Å². The summed E-state index contributed by atoms with van der Waals surface area (Å²) in [4.78, 5) is 0. The maximum absolute atomic E-state index is 3.91. The predicted octanol–water partition coefficient (Wildman–Crippen LogP) is 3.62. The Morgan fingerprint density at radius 1 is 1.55 bits per heavy atom. The van der Waals surface area contributed by atoms with Gasteiger partial charge in [-0.3, -0.25) is 0 Å². The first-order valence-electron chi connectivity index (χ1n) is 4.10.